The summed E-state index contributed by atoms with van der Waals surface area (Å²) in [5.74, 6) is 1.29. The van der Waals surface area contributed by atoms with Crippen LogP contribution in [0.15, 0.2) is 48.7 Å². The largest absolute Gasteiger partial charge is 0.341 e. The number of nitrogens with one attached hydrogen (secondary N) is 4. The second-order valence-electron chi connectivity index (χ2n) is 6.75. The molecule has 1 aromatic heterocycles. The fourth-order valence-electron chi connectivity index (χ4n) is 3.16. The van der Waals surface area contributed by atoms with Crippen LogP contribution in [0.1, 0.15) is 16.7 Å². The average Bonchev–Trinajstić information content (AvgIpc) is 2.70. The second kappa shape index (κ2) is 7.56. The van der Waals surface area contributed by atoms with E-state index in [2.05, 4.69) is 49.4 Å². The van der Waals surface area contributed by atoms with Crippen LogP contribution in [-0.2, 0) is 12.8 Å². The molecular weight excluding hydrogens is 352 g/mol. The summed E-state index contributed by atoms with van der Waals surface area (Å²) in [4.78, 5) is 20.8. The maximum Gasteiger partial charge on any atom is 0.318 e. The van der Waals surface area contributed by atoms with Crippen molar-refractivity contribution in [3.8, 4) is 0 Å². The number of hydrogen-bond donors (Lipinski definition) is 4. The minimum Gasteiger partial charge on any atom is -0.341 e. The molecule has 4 rings (SSSR count). The van der Waals surface area contributed by atoms with Crippen molar-refractivity contribution < 1.29 is 4.79 Å². The molecule has 6 bridgehead atoms. The molecule has 28 heavy (non-hydrogen) atoms. The normalized spacial score (nSPS) is 12.4. The van der Waals surface area contributed by atoms with Crippen LogP contribution in [0, 0.1) is 6.92 Å². The minimum atomic E-state index is -0.234. The first-order valence-corrected chi connectivity index (χ1v) is 9.19. The van der Waals surface area contributed by atoms with Gasteiger partial charge in [-0.15, -0.1) is 0 Å². The molecule has 0 saturated heterocycles. The Morgan fingerprint density at radius 3 is 2.79 bits per heavy atom. The van der Waals surface area contributed by atoms with E-state index < -0.39 is 0 Å². The number of benzene rings is 2. The molecule has 3 aromatic rings. The number of nitrogens with zero attached hydrogens (tertiary/aromatic N) is 2. The summed E-state index contributed by atoms with van der Waals surface area (Å²) < 4.78 is 0. The molecule has 2 aromatic carbocycles. The molecule has 0 saturated carbocycles. The molecule has 2 amide bonds. The number of urea groups is 1. The minimum absolute atomic E-state index is 0.234. The molecular formula is C21H22N6O. The van der Waals surface area contributed by atoms with E-state index in [1.54, 1.807) is 13.2 Å². The lowest BCUT2D eigenvalue weighted by atomic mass is 10.0. The maximum atomic E-state index is 11.8. The zero-order valence-corrected chi connectivity index (χ0v) is 15.8. The van der Waals surface area contributed by atoms with Crippen LogP contribution in [0.5, 0.6) is 0 Å². The summed E-state index contributed by atoms with van der Waals surface area (Å²) in [7, 11) is 1.61. The number of aromatic nitrogens is 2. The van der Waals surface area contributed by atoms with Crippen molar-refractivity contribution in [1.29, 1.82) is 0 Å². The number of anilines is 5. The van der Waals surface area contributed by atoms with E-state index in [-0.39, 0.29) is 6.03 Å². The Kier molecular flexibility index (Phi) is 4.80. The van der Waals surface area contributed by atoms with Crippen molar-refractivity contribution in [3.05, 3.63) is 65.4 Å². The molecule has 4 N–H and O–H groups in total. The number of amides is 2. The van der Waals surface area contributed by atoms with Crippen molar-refractivity contribution in [1.82, 2.24) is 15.3 Å². The molecule has 1 aliphatic rings. The van der Waals surface area contributed by atoms with Gasteiger partial charge in [-0.25, -0.2) is 9.78 Å². The van der Waals surface area contributed by atoms with E-state index in [9.17, 15) is 4.79 Å². The monoisotopic (exact) mass is 374 g/mol. The van der Waals surface area contributed by atoms with Crippen molar-refractivity contribution in [2.75, 3.05) is 23.0 Å². The Bertz CT molecular complexity index is 1030. The lowest BCUT2D eigenvalue weighted by molar-refractivity contribution is 0.254. The van der Waals surface area contributed by atoms with E-state index in [0.717, 1.165) is 46.8 Å². The Morgan fingerprint density at radius 1 is 1.07 bits per heavy atom. The van der Waals surface area contributed by atoms with Gasteiger partial charge < -0.3 is 21.3 Å². The van der Waals surface area contributed by atoms with Crippen LogP contribution in [0.4, 0.5) is 33.6 Å². The van der Waals surface area contributed by atoms with E-state index in [4.69, 9.17) is 0 Å². The summed E-state index contributed by atoms with van der Waals surface area (Å²) in [6, 6.07) is 13.9. The van der Waals surface area contributed by atoms with Crippen LogP contribution >= 0.6 is 0 Å². The highest BCUT2D eigenvalue weighted by atomic mass is 16.2. The molecule has 2 heterocycles. The third kappa shape index (κ3) is 3.88. The van der Waals surface area contributed by atoms with Gasteiger partial charge in [0, 0.05) is 35.9 Å². The third-order valence-electron chi connectivity index (χ3n) is 4.68. The standard InChI is InChI=1S/C21H22N6O/c1-13-12-23-20-25-16-5-3-4-14(10-16)6-7-15-11-17(24-19(13)27-20)8-9-18(15)26-21(28)22-2/h3-5,8-12H,6-7H2,1-2H3,(H2,22,26,28)(H2,23,24,25,27). The van der Waals surface area contributed by atoms with Gasteiger partial charge in [0.2, 0.25) is 5.95 Å². The van der Waals surface area contributed by atoms with Crippen LogP contribution < -0.4 is 21.3 Å². The zero-order valence-electron chi connectivity index (χ0n) is 15.8. The summed E-state index contributed by atoms with van der Waals surface area (Å²) in [6.45, 7) is 1.97. The number of carbonyl (C=O) groups is 1. The smallest absolute Gasteiger partial charge is 0.318 e. The van der Waals surface area contributed by atoms with Crippen molar-refractivity contribution >= 4 is 34.9 Å². The Balaban J connectivity index is 1.79. The molecule has 0 aliphatic carbocycles. The zero-order chi connectivity index (χ0) is 19.5. The Labute approximate surface area is 163 Å². The van der Waals surface area contributed by atoms with Crippen LogP contribution in [0.3, 0.4) is 0 Å². The average molecular weight is 374 g/mol. The van der Waals surface area contributed by atoms with Gasteiger partial charge in [0.15, 0.2) is 0 Å². The topological polar surface area (TPSA) is 91.0 Å². The SMILES string of the molecule is CNC(=O)Nc1ccc2cc1CCc1cccc(c1)Nc1ncc(C)c(n1)N2. The first kappa shape index (κ1) is 17.8. The second-order valence-corrected chi connectivity index (χ2v) is 6.75. The van der Waals surface area contributed by atoms with Crippen LogP contribution in [-0.4, -0.2) is 23.0 Å². The molecule has 1 aliphatic heterocycles. The fourth-order valence-corrected chi connectivity index (χ4v) is 3.16. The maximum absolute atomic E-state index is 11.8. The summed E-state index contributed by atoms with van der Waals surface area (Å²) in [6.07, 6.45) is 3.43. The fraction of sp³-hybridized carbons (Fsp3) is 0.190. The highest BCUT2D eigenvalue weighted by Gasteiger charge is 2.11. The van der Waals surface area contributed by atoms with Gasteiger partial charge in [0.25, 0.3) is 0 Å². The molecule has 0 fully saturated rings. The predicted molar refractivity (Wildman–Crippen MR) is 112 cm³/mol. The molecule has 0 spiro atoms. The van der Waals surface area contributed by atoms with Gasteiger partial charge in [-0.1, -0.05) is 12.1 Å². The van der Waals surface area contributed by atoms with E-state index >= 15 is 0 Å². The van der Waals surface area contributed by atoms with Gasteiger partial charge in [-0.3, -0.25) is 0 Å². The predicted octanol–water partition coefficient (Wildman–Crippen LogP) is 4.12. The molecule has 0 radical (unpaired) electrons. The molecule has 7 nitrogen and oxygen atoms in total. The lowest BCUT2D eigenvalue weighted by Crippen LogP contribution is -2.25. The number of rotatable bonds is 1. The third-order valence-corrected chi connectivity index (χ3v) is 4.68. The van der Waals surface area contributed by atoms with Crippen LogP contribution in [0.25, 0.3) is 0 Å². The first-order valence-electron chi connectivity index (χ1n) is 9.19. The number of fused-ring (bicyclic) bond motifs is 6. The van der Waals surface area contributed by atoms with E-state index in [0.29, 0.717) is 5.95 Å². The Morgan fingerprint density at radius 2 is 1.93 bits per heavy atom. The lowest BCUT2D eigenvalue weighted by Gasteiger charge is -2.14. The number of hydrogen-bond acceptors (Lipinski definition) is 5. The summed E-state index contributed by atoms with van der Waals surface area (Å²) >= 11 is 0. The summed E-state index contributed by atoms with van der Waals surface area (Å²) in [5, 5.41) is 12.2. The van der Waals surface area contributed by atoms with Crippen molar-refractivity contribution in [3.63, 3.8) is 0 Å². The van der Waals surface area contributed by atoms with Crippen LogP contribution in [0.2, 0.25) is 0 Å². The van der Waals surface area contributed by atoms with Gasteiger partial charge >= 0.3 is 6.03 Å². The highest BCUT2D eigenvalue weighted by Crippen LogP contribution is 2.27. The van der Waals surface area contributed by atoms with E-state index in [1.807, 2.05) is 31.2 Å². The van der Waals surface area contributed by atoms with Crippen molar-refractivity contribution in [2.24, 2.45) is 0 Å². The molecule has 0 atom stereocenters. The van der Waals surface area contributed by atoms with Gasteiger partial charge in [-0.05, 0) is 61.2 Å². The summed E-state index contributed by atoms with van der Waals surface area (Å²) in [5.41, 5.74) is 5.86. The highest BCUT2D eigenvalue weighted by molar-refractivity contribution is 5.90. The molecule has 142 valence electrons. The van der Waals surface area contributed by atoms with Gasteiger partial charge in [0.1, 0.15) is 5.82 Å². The number of carbonyl (C=O) groups excluding carboxylic acids is 1. The van der Waals surface area contributed by atoms with Gasteiger partial charge in [-0.2, -0.15) is 4.98 Å². The Hall–Kier alpha value is -3.61. The first-order chi connectivity index (χ1) is 13.6. The molecule has 0 unspecified atom stereocenters. The van der Waals surface area contributed by atoms with E-state index in [1.165, 1.54) is 5.56 Å². The van der Waals surface area contributed by atoms with Crippen molar-refractivity contribution in [2.45, 2.75) is 19.8 Å². The molecule has 7 heteroatoms. The van der Waals surface area contributed by atoms with Gasteiger partial charge in [0.05, 0.1) is 0 Å². The quantitative estimate of drug-likeness (QED) is 0.514. The number of aryl methyl sites for hydroxylation is 3.